The fourth-order valence-corrected chi connectivity index (χ4v) is 2.74. The van der Waals surface area contributed by atoms with Gasteiger partial charge >= 0.3 is 5.97 Å². The summed E-state index contributed by atoms with van der Waals surface area (Å²) in [4.78, 5) is 37.8. The molecule has 7 heteroatoms. The first-order chi connectivity index (χ1) is 12.4. The van der Waals surface area contributed by atoms with Gasteiger partial charge in [0.05, 0.1) is 12.1 Å². The summed E-state index contributed by atoms with van der Waals surface area (Å²) >= 11 is 0. The number of fused-ring (bicyclic) bond motifs is 1. The van der Waals surface area contributed by atoms with Crippen LogP contribution in [0.5, 0.6) is 0 Å². The van der Waals surface area contributed by atoms with Crippen molar-refractivity contribution in [2.75, 3.05) is 18.9 Å². The Kier molecular flexibility index (Phi) is 4.97. The van der Waals surface area contributed by atoms with E-state index in [-0.39, 0.29) is 13.0 Å². The predicted molar refractivity (Wildman–Crippen MR) is 92.0 cm³/mol. The number of nitrogens with one attached hydrogen (secondary N) is 1. The summed E-state index contributed by atoms with van der Waals surface area (Å²) in [6, 6.07) is 12.2. The van der Waals surface area contributed by atoms with Gasteiger partial charge in [0.1, 0.15) is 5.82 Å². The number of carbonyl (C=O) groups is 3. The summed E-state index contributed by atoms with van der Waals surface area (Å²) in [5, 5.41) is 2.58. The number of esters is 1. The molecule has 0 fully saturated rings. The molecule has 0 spiro atoms. The van der Waals surface area contributed by atoms with Crippen LogP contribution in [0.4, 0.5) is 10.1 Å². The molecule has 1 aliphatic rings. The van der Waals surface area contributed by atoms with Crippen LogP contribution in [0.2, 0.25) is 0 Å². The van der Waals surface area contributed by atoms with Gasteiger partial charge in [0.15, 0.2) is 6.10 Å². The molecule has 3 rings (SSSR count). The van der Waals surface area contributed by atoms with E-state index in [1.54, 1.807) is 24.3 Å². The third-order valence-electron chi connectivity index (χ3n) is 4.05. The second kappa shape index (κ2) is 7.35. The van der Waals surface area contributed by atoms with Gasteiger partial charge in [-0.05, 0) is 35.9 Å². The average Bonchev–Trinajstić information content (AvgIpc) is 2.63. The first-order valence-electron chi connectivity index (χ1n) is 8.03. The van der Waals surface area contributed by atoms with Crippen LogP contribution in [0.3, 0.4) is 0 Å². The number of hydrogen-bond donors (Lipinski definition) is 1. The third-order valence-corrected chi connectivity index (χ3v) is 4.05. The van der Waals surface area contributed by atoms with Gasteiger partial charge in [0, 0.05) is 19.2 Å². The average molecular weight is 356 g/mol. The van der Waals surface area contributed by atoms with Crippen LogP contribution in [-0.2, 0) is 20.7 Å². The Balaban J connectivity index is 1.60. The Morgan fingerprint density at radius 2 is 1.88 bits per heavy atom. The van der Waals surface area contributed by atoms with Gasteiger partial charge in [0.25, 0.3) is 5.91 Å². The lowest BCUT2D eigenvalue weighted by atomic mass is 9.98. The van der Waals surface area contributed by atoms with Gasteiger partial charge in [-0.15, -0.1) is 0 Å². The first-order valence-corrected chi connectivity index (χ1v) is 8.03. The Bertz CT molecular complexity index is 851. The number of carbonyl (C=O) groups excluding carboxylic acids is 3. The second-order valence-corrected chi connectivity index (χ2v) is 6.00. The molecular formula is C19H17FN2O4. The Hall–Kier alpha value is -3.22. The molecule has 1 atom stereocenters. The predicted octanol–water partition coefficient (Wildman–Crippen LogP) is 2.00. The first kappa shape index (κ1) is 17.6. The zero-order valence-electron chi connectivity index (χ0n) is 14.1. The molecule has 2 amide bonds. The molecule has 26 heavy (non-hydrogen) atoms. The number of anilines is 1. The Morgan fingerprint density at radius 1 is 1.19 bits per heavy atom. The number of likely N-dealkylation sites (N-methyl/N-ethyl adjacent to an activating group) is 1. The molecule has 1 N–H and O–H groups in total. The fourth-order valence-electron chi connectivity index (χ4n) is 2.74. The SMILES string of the molecule is CN(CC(=O)Nc1ccc(F)cc1)C(=O)C1Cc2ccccc2C(=O)O1. The van der Waals surface area contributed by atoms with Gasteiger partial charge < -0.3 is 15.0 Å². The minimum absolute atomic E-state index is 0.216. The van der Waals surface area contributed by atoms with Crippen molar-refractivity contribution in [3.63, 3.8) is 0 Å². The van der Waals surface area contributed by atoms with Crippen molar-refractivity contribution in [1.29, 1.82) is 0 Å². The van der Waals surface area contributed by atoms with Gasteiger partial charge in [-0.1, -0.05) is 18.2 Å². The van der Waals surface area contributed by atoms with Gasteiger partial charge in [-0.2, -0.15) is 0 Å². The zero-order chi connectivity index (χ0) is 18.7. The smallest absolute Gasteiger partial charge is 0.339 e. The van der Waals surface area contributed by atoms with E-state index >= 15 is 0 Å². The number of cyclic esters (lactones) is 1. The van der Waals surface area contributed by atoms with E-state index in [1.807, 2.05) is 0 Å². The maximum absolute atomic E-state index is 12.9. The standard InChI is InChI=1S/C19H17FN2O4/c1-22(11-17(23)21-14-8-6-13(20)7-9-14)18(24)16-10-12-4-2-3-5-15(12)19(25)26-16/h2-9,16H,10-11H2,1H3,(H,21,23). The summed E-state index contributed by atoms with van der Waals surface area (Å²) < 4.78 is 18.1. The van der Waals surface area contributed by atoms with Crippen molar-refractivity contribution in [3.8, 4) is 0 Å². The summed E-state index contributed by atoms with van der Waals surface area (Å²) in [5.41, 5.74) is 1.62. The van der Waals surface area contributed by atoms with E-state index in [0.29, 0.717) is 11.3 Å². The highest BCUT2D eigenvalue weighted by molar-refractivity contribution is 5.98. The maximum atomic E-state index is 12.9. The van der Waals surface area contributed by atoms with Crippen LogP contribution in [0.25, 0.3) is 0 Å². The van der Waals surface area contributed by atoms with Gasteiger partial charge in [-0.25, -0.2) is 9.18 Å². The quantitative estimate of drug-likeness (QED) is 0.851. The molecule has 0 saturated heterocycles. The number of halogens is 1. The number of ether oxygens (including phenoxy) is 1. The summed E-state index contributed by atoms with van der Waals surface area (Å²) in [6.07, 6.45) is -0.689. The van der Waals surface area contributed by atoms with Crippen molar-refractivity contribution in [1.82, 2.24) is 4.90 Å². The summed E-state index contributed by atoms with van der Waals surface area (Å²) in [5.74, 6) is -1.85. The van der Waals surface area contributed by atoms with Crippen LogP contribution in [0.1, 0.15) is 15.9 Å². The lowest BCUT2D eigenvalue weighted by Gasteiger charge is -2.27. The molecule has 0 radical (unpaired) electrons. The number of benzene rings is 2. The molecule has 0 bridgehead atoms. The Labute approximate surface area is 149 Å². The van der Waals surface area contributed by atoms with E-state index in [9.17, 15) is 18.8 Å². The van der Waals surface area contributed by atoms with Crippen molar-refractivity contribution in [3.05, 3.63) is 65.5 Å². The van der Waals surface area contributed by atoms with Gasteiger partial charge in [-0.3, -0.25) is 9.59 Å². The fraction of sp³-hybridized carbons (Fsp3) is 0.211. The van der Waals surface area contributed by atoms with Crippen molar-refractivity contribution in [2.24, 2.45) is 0 Å². The van der Waals surface area contributed by atoms with Crippen LogP contribution < -0.4 is 5.32 Å². The minimum atomic E-state index is -0.957. The minimum Gasteiger partial charge on any atom is -0.448 e. The Morgan fingerprint density at radius 3 is 2.62 bits per heavy atom. The molecular weight excluding hydrogens is 339 g/mol. The van der Waals surface area contributed by atoms with Crippen LogP contribution in [-0.4, -0.2) is 42.4 Å². The monoisotopic (exact) mass is 356 g/mol. The molecule has 2 aromatic rings. The van der Waals surface area contributed by atoms with Crippen molar-refractivity contribution >= 4 is 23.5 Å². The third kappa shape index (κ3) is 3.88. The molecule has 134 valence electrons. The highest BCUT2D eigenvalue weighted by Gasteiger charge is 2.33. The highest BCUT2D eigenvalue weighted by Crippen LogP contribution is 2.21. The van der Waals surface area contributed by atoms with E-state index in [1.165, 1.54) is 36.2 Å². The van der Waals surface area contributed by atoms with E-state index in [2.05, 4.69) is 5.32 Å². The number of hydrogen-bond acceptors (Lipinski definition) is 4. The molecule has 2 aromatic carbocycles. The zero-order valence-corrected chi connectivity index (χ0v) is 14.1. The number of amides is 2. The number of nitrogens with zero attached hydrogens (tertiary/aromatic N) is 1. The topological polar surface area (TPSA) is 75.7 Å². The van der Waals surface area contributed by atoms with Crippen LogP contribution in [0.15, 0.2) is 48.5 Å². The normalized spacial score (nSPS) is 15.6. The molecule has 0 aromatic heterocycles. The van der Waals surface area contributed by atoms with E-state index < -0.39 is 29.7 Å². The van der Waals surface area contributed by atoms with E-state index in [0.717, 1.165) is 5.56 Å². The van der Waals surface area contributed by atoms with E-state index in [4.69, 9.17) is 4.74 Å². The second-order valence-electron chi connectivity index (χ2n) is 6.00. The molecule has 1 aliphatic heterocycles. The van der Waals surface area contributed by atoms with Gasteiger partial charge in [0.2, 0.25) is 5.91 Å². The van der Waals surface area contributed by atoms with Crippen LogP contribution >= 0.6 is 0 Å². The maximum Gasteiger partial charge on any atom is 0.339 e. The summed E-state index contributed by atoms with van der Waals surface area (Å²) in [7, 11) is 1.46. The molecule has 0 saturated carbocycles. The molecule has 1 unspecified atom stereocenters. The molecule has 6 nitrogen and oxygen atoms in total. The largest absolute Gasteiger partial charge is 0.448 e. The molecule has 0 aliphatic carbocycles. The van der Waals surface area contributed by atoms with Crippen molar-refractivity contribution in [2.45, 2.75) is 12.5 Å². The highest BCUT2D eigenvalue weighted by atomic mass is 19.1. The number of rotatable bonds is 4. The molecule has 1 heterocycles. The lowest BCUT2D eigenvalue weighted by molar-refractivity contribution is -0.141. The van der Waals surface area contributed by atoms with Crippen LogP contribution in [0, 0.1) is 5.82 Å². The summed E-state index contributed by atoms with van der Waals surface area (Å²) in [6.45, 7) is -0.216. The lowest BCUT2D eigenvalue weighted by Crippen LogP contribution is -2.45. The van der Waals surface area contributed by atoms with Crippen molar-refractivity contribution < 1.29 is 23.5 Å².